The van der Waals surface area contributed by atoms with Crippen LogP contribution < -0.4 is 0 Å². The van der Waals surface area contributed by atoms with E-state index in [1.165, 1.54) is 0 Å². The van der Waals surface area contributed by atoms with Gasteiger partial charge in [0.05, 0.1) is 5.52 Å². The number of hydrogen-bond acceptors (Lipinski definition) is 2. The summed E-state index contributed by atoms with van der Waals surface area (Å²) in [6.45, 7) is 5.23. The van der Waals surface area contributed by atoms with Gasteiger partial charge in [-0.1, -0.05) is 38.1 Å². The number of aromatic nitrogens is 1. The molecule has 0 aliphatic carbocycles. The van der Waals surface area contributed by atoms with Crippen LogP contribution in [0.1, 0.15) is 37.2 Å². The molecule has 0 bridgehead atoms. The Morgan fingerprint density at radius 1 is 1.25 bits per heavy atom. The number of amides is 1. The molecule has 3 heteroatoms. The molecule has 2 heterocycles. The summed E-state index contributed by atoms with van der Waals surface area (Å²) in [6, 6.07) is 12.1. The molecule has 0 saturated carbocycles. The van der Waals surface area contributed by atoms with Crippen molar-refractivity contribution in [3.8, 4) is 0 Å². The van der Waals surface area contributed by atoms with Crippen LogP contribution in [0, 0.1) is 5.92 Å². The predicted molar refractivity (Wildman–Crippen MR) is 80.6 cm³/mol. The first-order valence-electron chi connectivity index (χ1n) is 7.33. The first-order chi connectivity index (χ1) is 9.66. The number of carbonyl (C=O) groups is 1. The molecule has 1 fully saturated rings. The maximum atomic E-state index is 12.7. The first-order valence-corrected chi connectivity index (χ1v) is 7.33. The number of nitrogens with zero attached hydrogens (tertiary/aromatic N) is 2. The van der Waals surface area contributed by atoms with Crippen molar-refractivity contribution in [3.63, 3.8) is 0 Å². The van der Waals surface area contributed by atoms with Crippen molar-refractivity contribution >= 4 is 16.8 Å². The van der Waals surface area contributed by atoms with E-state index in [1.807, 2.05) is 41.3 Å². The fourth-order valence-corrected chi connectivity index (χ4v) is 3.07. The highest BCUT2D eigenvalue weighted by molar-refractivity contribution is 5.95. The Labute approximate surface area is 119 Å². The van der Waals surface area contributed by atoms with Crippen LogP contribution in [0.4, 0.5) is 0 Å². The maximum Gasteiger partial charge on any atom is 0.272 e. The molecule has 1 aliphatic rings. The maximum absolute atomic E-state index is 12.7. The summed E-state index contributed by atoms with van der Waals surface area (Å²) in [5.41, 5.74) is 1.45. The zero-order valence-corrected chi connectivity index (χ0v) is 12.0. The minimum absolute atomic E-state index is 0.0759. The van der Waals surface area contributed by atoms with Crippen LogP contribution in [0.15, 0.2) is 36.4 Å². The molecule has 2 aromatic rings. The minimum Gasteiger partial charge on any atom is -0.334 e. The Kier molecular flexibility index (Phi) is 3.43. The number of carbonyl (C=O) groups excluding carboxylic acids is 1. The normalized spacial score (nSPS) is 18.9. The lowest BCUT2D eigenvalue weighted by Crippen LogP contribution is -2.38. The third-order valence-electron chi connectivity index (χ3n) is 4.15. The second-order valence-electron chi connectivity index (χ2n) is 5.84. The Hall–Kier alpha value is -1.90. The second kappa shape index (κ2) is 5.23. The molecule has 3 nitrogen and oxygen atoms in total. The van der Waals surface area contributed by atoms with Crippen LogP contribution in [0.3, 0.4) is 0 Å². The average molecular weight is 268 g/mol. The van der Waals surface area contributed by atoms with Gasteiger partial charge in [0, 0.05) is 18.0 Å². The molecule has 1 atom stereocenters. The van der Waals surface area contributed by atoms with Crippen molar-refractivity contribution in [2.24, 2.45) is 5.92 Å². The monoisotopic (exact) mass is 268 g/mol. The largest absolute Gasteiger partial charge is 0.334 e. The molecule has 0 spiro atoms. The molecular weight excluding hydrogens is 248 g/mol. The van der Waals surface area contributed by atoms with E-state index < -0.39 is 0 Å². The van der Waals surface area contributed by atoms with Gasteiger partial charge in [0.1, 0.15) is 5.69 Å². The van der Waals surface area contributed by atoms with Gasteiger partial charge in [-0.3, -0.25) is 4.79 Å². The second-order valence-corrected chi connectivity index (χ2v) is 5.84. The SMILES string of the molecule is CC(C)C1CCCN1C(=O)c1ccc2ccccc2n1. The van der Waals surface area contributed by atoms with Gasteiger partial charge in [-0.25, -0.2) is 4.98 Å². The molecule has 1 amide bonds. The number of para-hydroxylation sites is 1. The summed E-state index contributed by atoms with van der Waals surface area (Å²) in [5.74, 6) is 0.578. The third kappa shape index (κ3) is 2.28. The molecule has 1 saturated heterocycles. The van der Waals surface area contributed by atoms with Crippen LogP contribution in [-0.2, 0) is 0 Å². The predicted octanol–water partition coefficient (Wildman–Crippen LogP) is 3.50. The lowest BCUT2D eigenvalue weighted by molar-refractivity contribution is 0.0696. The number of fused-ring (bicyclic) bond motifs is 1. The molecule has 1 aromatic heterocycles. The van der Waals surface area contributed by atoms with Crippen molar-refractivity contribution in [2.75, 3.05) is 6.54 Å². The van der Waals surface area contributed by atoms with Crippen molar-refractivity contribution in [1.29, 1.82) is 0 Å². The Bertz CT molecular complexity index is 636. The molecule has 1 aromatic carbocycles. The number of likely N-dealkylation sites (tertiary alicyclic amines) is 1. The molecule has 20 heavy (non-hydrogen) atoms. The van der Waals surface area contributed by atoms with Gasteiger partial charge in [0.2, 0.25) is 0 Å². The van der Waals surface area contributed by atoms with Crippen LogP contribution in [0.25, 0.3) is 10.9 Å². The van der Waals surface area contributed by atoms with Gasteiger partial charge in [-0.05, 0) is 30.9 Å². The summed E-state index contributed by atoms with van der Waals surface area (Å²) >= 11 is 0. The quantitative estimate of drug-likeness (QED) is 0.835. The molecule has 1 aliphatic heterocycles. The fraction of sp³-hybridized carbons (Fsp3) is 0.412. The number of benzene rings is 1. The van der Waals surface area contributed by atoms with E-state index in [0.29, 0.717) is 17.7 Å². The molecule has 1 unspecified atom stereocenters. The van der Waals surface area contributed by atoms with Gasteiger partial charge in [-0.2, -0.15) is 0 Å². The minimum atomic E-state index is 0.0759. The molecule has 3 rings (SSSR count). The molecule has 0 radical (unpaired) electrons. The van der Waals surface area contributed by atoms with E-state index in [1.54, 1.807) is 0 Å². The summed E-state index contributed by atoms with van der Waals surface area (Å²) in [4.78, 5) is 19.2. The highest BCUT2D eigenvalue weighted by Crippen LogP contribution is 2.25. The first kappa shape index (κ1) is 13.1. The lowest BCUT2D eigenvalue weighted by atomic mass is 10.0. The number of rotatable bonds is 2. The average Bonchev–Trinajstić information content (AvgIpc) is 2.95. The molecule has 0 N–H and O–H groups in total. The smallest absolute Gasteiger partial charge is 0.272 e. The van der Waals surface area contributed by atoms with E-state index in [9.17, 15) is 4.79 Å². The van der Waals surface area contributed by atoms with E-state index >= 15 is 0 Å². The van der Waals surface area contributed by atoms with Gasteiger partial charge >= 0.3 is 0 Å². The third-order valence-corrected chi connectivity index (χ3v) is 4.15. The van der Waals surface area contributed by atoms with Gasteiger partial charge < -0.3 is 4.90 Å². The van der Waals surface area contributed by atoms with Crippen molar-refractivity contribution in [3.05, 3.63) is 42.1 Å². The van der Waals surface area contributed by atoms with Crippen LogP contribution >= 0.6 is 0 Å². The van der Waals surface area contributed by atoms with Gasteiger partial charge in [0.25, 0.3) is 5.91 Å². The zero-order chi connectivity index (χ0) is 14.1. The summed E-state index contributed by atoms with van der Waals surface area (Å²) in [6.07, 6.45) is 2.21. The fourth-order valence-electron chi connectivity index (χ4n) is 3.07. The van der Waals surface area contributed by atoms with Crippen molar-refractivity contribution in [1.82, 2.24) is 9.88 Å². The van der Waals surface area contributed by atoms with E-state index in [-0.39, 0.29) is 5.91 Å². The summed E-state index contributed by atoms with van der Waals surface area (Å²) < 4.78 is 0. The number of hydrogen-bond donors (Lipinski definition) is 0. The van der Waals surface area contributed by atoms with Crippen molar-refractivity contribution in [2.45, 2.75) is 32.7 Å². The van der Waals surface area contributed by atoms with E-state index in [2.05, 4.69) is 18.8 Å². The lowest BCUT2D eigenvalue weighted by Gasteiger charge is -2.27. The van der Waals surface area contributed by atoms with Gasteiger partial charge in [0.15, 0.2) is 0 Å². The van der Waals surface area contributed by atoms with E-state index in [0.717, 1.165) is 30.3 Å². The topological polar surface area (TPSA) is 33.2 Å². The Morgan fingerprint density at radius 2 is 2.05 bits per heavy atom. The van der Waals surface area contributed by atoms with Crippen molar-refractivity contribution < 1.29 is 4.79 Å². The standard InChI is InChI=1S/C17H20N2O/c1-12(2)16-8-5-11-19(16)17(20)15-10-9-13-6-3-4-7-14(13)18-15/h3-4,6-7,9-10,12,16H,5,8,11H2,1-2H3. The Balaban J connectivity index is 1.92. The van der Waals surface area contributed by atoms with Crippen LogP contribution in [0.2, 0.25) is 0 Å². The highest BCUT2D eigenvalue weighted by atomic mass is 16.2. The van der Waals surface area contributed by atoms with Gasteiger partial charge in [-0.15, -0.1) is 0 Å². The number of pyridine rings is 1. The van der Waals surface area contributed by atoms with Crippen LogP contribution in [0.5, 0.6) is 0 Å². The Morgan fingerprint density at radius 3 is 2.85 bits per heavy atom. The zero-order valence-electron chi connectivity index (χ0n) is 12.0. The van der Waals surface area contributed by atoms with E-state index in [4.69, 9.17) is 0 Å². The molecular formula is C17H20N2O. The highest BCUT2D eigenvalue weighted by Gasteiger charge is 2.31. The molecule has 104 valence electrons. The van der Waals surface area contributed by atoms with Crippen LogP contribution in [-0.4, -0.2) is 28.4 Å². The summed E-state index contributed by atoms with van der Waals surface area (Å²) in [7, 11) is 0. The summed E-state index contributed by atoms with van der Waals surface area (Å²) in [5, 5.41) is 1.07.